The summed E-state index contributed by atoms with van der Waals surface area (Å²) < 4.78 is 0. The fourth-order valence-corrected chi connectivity index (χ4v) is 9.86. The normalized spacial score (nSPS) is 11.9. The molecule has 0 heteroatoms. The average molecular weight is 749 g/mol. The molecule has 0 amide bonds. The highest BCUT2D eigenvalue weighted by atomic mass is 14.2. The van der Waals surface area contributed by atoms with Gasteiger partial charge < -0.3 is 0 Å². The highest BCUT2D eigenvalue weighted by Gasteiger charge is 2.21. The molecule has 0 atom stereocenters. The van der Waals surface area contributed by atoms with E-state index in [0.717, 1.165) is 6.42 Å². The second-order valence-corrected chi connectivity index (χ2v) is 16.7. The van der Waals surface area contributed by atoms with Crippen molar-refractivity contribution in [3.8, 4) is 33.4 Å². The molecule has 0 heterocycles. The van der Waals surface area contributed by atoms with E-state index in [0.29, 0.717) is 0 Å². The zero-order chi connectivity index (χ0) is 38.8. The molecular formula is C58H52. The van der Waals surface area contributed by atoms with Crippen molar-refractivity contribution in [3.63, 3.8) is 0 Å². The van der Waals surface area contributed by atoms with Gasteiger partial charge in [0.25, 0.3) is 0 Å². The van der Waals surface area contributed by atoms with Crippen LogP contribution in [0.25, 0.3) is 98.0 Å². The molecule has 0 aliphatic carbocycles. The van der Waals surface area contributed by atoms with Gasteiger partial charge in [0.05, 0.1) is 0 Å². The Morgan fingerprint density at radius 2 is 0.655 bits per heavy atom. The van der Waals surface area contributed by atoms with Gasteiger partial charge in [-0.1, -0.05) is 198 Å². The topological polar surface area (TPSA) is 0 Å². The van der Waals surface area contributed by atoms with Crippen molar-refractivity contribution in [2.24, 2.45) is 0 Å². The first-order valence-corrected chi connectivity index (χ1v) is 22.0. The second-order valence-electron chi connectivity index (χ2n) is 16.7. The van der Waals surface area contributed by atoms with Gasteiger partial charge in [-0.3, -0.25) is 0 Å². The van der Waals surface area contributed by atoms with E-state index in [1.165, 1.54) is 168 Å². The minimum absolute atomic E-state index is 1.10. The summed E-state index contributed by atoms with van der Waals surface area (Å²) in [6.07, 6.45) is 14.6. The zero-order valence-corrected chi connectivity index (χ0v) is 33.9. The summed E-state index contributed by atoms with van der Waals surface area (Å²) in [7, 11) is 0. The first kappa shape index (κ1) is 36.4. The highest BCUT2D eigenvalue weighted by molar-refractivity contribution is 6.30. The SMILES string of the molecule is CCCCCCCCCCCCc1cc(-c2ccc3ccccc3c2)c2ccc3c(-c4ccc5ccccc5c4)cc(-c4ccc5ccccc5c4)c4ccc1c2c43. The van der Waals surface area contributed by atoms with E-state index in [2.05, 4.69) is 171 Å². The molecule has 0 aliphatic rings. The van der Waals surface area contributed by atoms with Gasteiger partial charge in [0, 0.05) is 0 Å². The predicted molar refractivity (Wildman–Crippen MR) is 255 cm³/mol. The molecule has 0 N–H and O–H groups in total. The Balaban J connectivity index is 1.16. The van der Waals surface area contributed by atoms with Gasteiger partial charge in [0.1, 0.15) is 0 Å². The lowest BCUT2D eigenvalue weighted by atomic mass is 9.82. The fraction of sp³-hybridized carbons (Fsp3) is 0.207. The van der Waals surface area contributed by atoms with Crippen LogP contribution >= 0.6 is 0 Å². The molecule has 10 aromatic carbocycles. The summed E-state index contributed by atoms with van der Waals surface area (Å²) in [5.74, 6) is 0. The van der Waals surface area contributed by atoms with Crippen LogP contribution in [0, 0.1) is 0 Å². The van der Waals surface area contributed by atoms with Crippen molar-refractivity contribution in [1.29, 1.82) is 0 Å². The Morgan fingerprint density at radius 3 is 1.10 bits per heavy atom. The minimum Gasteiger partial charge on any atom is -0.0654 e. The number of hydrogen-bond donors (Lipinski definition) is 0. The van der Waals surface area contributed by atoms with Crippen LogP contribution in [0.1, 0.15) is 76.7 Å². The molecule has 0 nitrogen and oxygen atoms in total. The van der Waals surface area contributed by atoms with Crippen LogP contribution in [0.15, 0.2) is 164 Å². The summed E-state index contributed by atoms with van der Waals surface area (Å²) in [4.78, 5) is 0. The first-order valence-electron chi connectivity index (χ1n) is 22.0. The molecule has 0 aromatic heterocycles. The number of fused-ring (bicyclic) bond motifs is 3. The molecule has 10 aromatic rings. The van der Waals surface area contributed by atoms with Gasteiger partial charge in [-0.2, -0.15) is 0 Å². The highest BCUT2D eigenvalue weighted by Crippen LogP contribution is 2.48. The van der Waals surface area contributed by atoms with E-state index in [1.54, 1.807) is 0 Å². The minimum atomic E-state index is 1.10. The molecule has 58 heavy (non-hydrogen) atoms. The van der Waals surface area contributed by atoms with Gasteiger partial charge in [0.2, 0.25) is 0 Å². The predicted octanol–water partition coefficient (Wildman–Crippen LogP) is 17.5. The quantitative estimate of drug-likeness (QED) is 0.0767. The number of hydrogen-bond acceptors (Lipinski definition) is 0. The average Bonchev–Trinajstić information content (AvgIpc) is 3.28. The fourth-order valence-electron chi connectivity index (χ4n) is 9.86. The van der Waals surface area contributed by atoms with E-state index in [4.69, 9.17) is 0 Å². The third-order valence-electron chi connectivity index (χ3n) is 13.0. The maximum Gasteiger partial charge on any atom is -0.00140 e. The van der Waals surface area contributed by atoms with Crippen molar-refractivity contribution in [2.45, 2.75) is 77.6 Å². The van der Waals surface area contributed by atoms with Gasteiger partial charge in [0.15, 0.2) is 0 Å². The van der Waals surface area contributed by atoms with E-state index >= 15 is 0 Å². The zero-order valence-electron chi connectivity index (χ0n) is 33.9. The van der Waals surface area contributed by atoms with Gasteiger partial charge >= 0.3 is 0 Å². The third kappa shape index (κ3) is 6.90. The monoisotopic (exact) mass is 748 g/mol. The van der Waals surface area contributed by atoms with E-state index in [-0.39, 0.29) is 0 Å². The molecule has 0 saturated heterocycles. The lowest BCUT2D eigenvalue weighted by Crippen LogP contribution is -1.96. The molecule has 0 radical (unpaired) electrons. The van der Waals surface area contributed by atoms with Crippen LogP contribution in [-0.4, -0.2) is 0 Å². The van der Waals surface area contributed by atoms with Crippen molar-refractivity contribution >= 4 is 64.6 Å². The van der Waals surface area contributed by atoms with Crippen molar-refractivity contribution in [1.82, 2.24) is 0 Å². The van der Waals surface area contributed by atoms with Crippen LogP contribution in [0.2, 0.25) is 0 Å². The molecule has 0 bridgehead atoms. The molecule has 0 spiro atoms. The summed E-state index contributed by atoms with van der Waals surface area (Å²) in [6.45, 7) is 2.30. The Kier molecular flexibility index (Phi) is 10.1. The number of unbranched alkanes of at least 4 members (excludes halogenated alkanes) is 9. The van der Waals surface area contributed by atoms with E-state index in [9.17, 15) is 0 Å². The summed E-state index contributed by atoms with van der Waals surface area (Å²) >= 11 is 0. The molecule has 0 saturated carbocycles. The Labute approximate surface area is 343 Å². The molecular weight excluding hydrogens is 697 g/mol. The van der Waals surface area contributed by atoms with Crippen LogP contribution in [0.4, 0.5) is 0 Å². The van der Waals surface area contributed by atoms with Crippen molar-refractivity contribution < 1.29 is 0 Å². The number of aryl methyl sites for hydroxylation is 1. The Hall–Kier alpha value is -5.98. The van der Waals surface area contributed by atoms with E-state index < -0.39 is 0 Å². The summed E-state index contributed by atoms with van der Waals surface area (Å²) in [5, 5.41) is 15.9. The smallest absolute Gasteiger partial charge is 0.00140 e. The summed E-state index contributed by atoms with van der Waals surface area (Å²) in [5.41, 5.74) is 9.24. The van der Waals surface area contributed by atoms with Gasteiger partial charge in [-0.15, -0.1) is 0 Å². The summed E-state index contributed by atoms with van der Waals surface area (Å²) in [6, 6.07) is 62.2. The second kappa shape index (κ2) is 16.1. The molecule has 284 valence electrons. The number of benzene rings is 10. The van der Waals surface area contributed by atoms with E-state index in [1.807, 2.05) is 0 Å². The molecule has 10 rings (SSSR count). The van der Waals surface area contributed by atoms with Crippen molar-refractivity contribution in [2.75, 3.05) is 0 Å². The number of rotatable bonds is 14. The van der Waals surface area contributed by atoms with Crippen molar-refractivity contribution in [3.05, 3.63) is 169 Å². The third-order valence-corrected chi connectivity index (χ3v) is 13.0. The Bertz CT molecular complexity index is 2950. The van der Waals surface area contributed by atoms with Crippen LogP contribution in [-0.2, 0) is 6.42 Å². The van der Waals surface area contributed by atoms with Gasteiger partial charge in [-0.25, -0.2) is 0 Å². The molecule has 0 aliphatic heterocycles. The van der Waals surface area contributed by atoms with Crippen LogP contribution in [0.3, 0.4) is 0 Å². The maximum atomic E-state index is 2.55. The maximum absolute atomic E-state index is 2.55. The van der Waals surface area contributed by atoms with Crippen LogP contribution in [0.5, 0.6) is 0 Å². The van der Waals surface area contributed by atoms with Gasteiger partial charge in [-0.05, 0) is 147 Å². The first-order chi connectivity index (χ1) is 28.7. The molecule has 0 unspecified atom stereocenters. The lowest BCUT2D eigenvalue weighted by Gasteiger charge is -2.22. The Morgan fingerprint density at radius 1 is 0.293 bits per heavy atom. The largest absolute Gasteiger partial charge is 0.0654 e. The molecule has 0 fully saturated rings. The van der Waals surface area contributed by atoms with Crippen LogP contribution < -0.4 is 0 Å². The lowest BCUT2D eigenvalue weighted by molar-refractivity contribution is 0.556. The standard InChI is InChI=1S/C58H52/c1-2-3-4-5-6-7-8-9-10-11-24-46-38-54(47-28-25-40-18-12-15-21-43(40)35-47)51-33-34-53-56(49-30-27-42-20-14-17-23-45(42)37-49)39-55(52-32-31-50(46)57(51)58(52)53)48-29-26-41-19-13-16-22-44(41)36-48/h12-23,25-39H,2-11,24H2,1H3.